The molecule has 0 unspecified atom stereocenters. The van der Waals surface area contributed by atoms with Gasteiger partial charge in [0.2, 0.25) is 5.91 Å². The molecule has 0 atom stereocenters. The zero-order valence-corrected chi connectivity index (χ0v) is 16.8. The van der Waals surface area contributed by atoms with Gasteiger partial charge in [-0.2, -0.15) is 0 Å². The maximum absolute atomic E-state index is 12.0. The van der Waals surface area contributed by atoms with Crippen LogP contribution in [0, 0.1) is 0 Å². The van der Waals surface area contributed by atoms with E-state index in [0.717, 1.165) is 5.56 Å². The molecule has 3 aromatic rings. The summed E-state index contributed by atoms with van der Waals surface area (Å²) in [5, 5.41) is 13.2. The minimum absolute atomic E-state index is 0.218. The topological polar surface area (TPSA) is 115 Å². The number of aromatic nitrogens is 3. The van der Waals surface area contributed by atoms with Crippen LogP contribution in [0.1, 0.15) is 18.2 Å². The van der Waals surface area contributed by atoms with Crippen LogP contribution < -0.4 is 10.6 Å². The SMILES string of the molecule is CC(=O)Nc1cccc(NC(=O)COC(=O)/C=C/c2cn(Cc3ccccc3)nn2)c1. The molecule has 0 aliphatic heterocycles. The van der Waals surface area contributed by atoms with Crippen molar-refractivity contribution in [3.8, 4) is 0 Å². The summed E-state index contributed by atoms with van der Waals surface area (Å²) in [5.41, 5.74) is 2.59. The fraction of sp³-hybridized carbons (Fsp3) is 0.136. The van der Waals surface area contributed by atoms with Crippen molar-refractivity contribution in [1.29, 1.82) is 0 Å². The molecule has 9 heteroatoms. The molecule has 0 aliphatic rings. The molecule has 2 amide bonds. The molecular weight excluding hydrogens is 398 g/mol. The normalized spacial score (nSPS) is 10.6. The van der Waals surface area contributed by atoms with E-state index < -0.39 is 18.5 Å². The maximum atomic E-state index is 12.0. The van der Waals surface area contributed by atoms with Gasteiger partial charge in [0, 0.05) is 24.4 Å². The van der Waals surface area contributed by atoms with Crippen LogP contribution in [0.2, 0.25) is 0 Å². The highest BCUT2D eigenvalue weighted by molar-refractivity contribution is 5.95. The molecule has 31 heavy (non-hydrogen) atoms. The summed E-state index contributed by atoms with van der Waals surface area (Å²) in [6.07, 6.45) is 4.35. The Balaban J connectivity index is 1.45. The fourth-order valence-corrected chi connectivity index (χ4v) is 2.65. The molecule has 0 spiro atoms. The maximum Gasteiger partial charge on any atom is 0.331 e. The second-order valence-electron chi connectivity index (χ2n) is 6.58. The van der Waals surface area contributed by atoms with Crippen molar-refractivity contribution in [2.75, 3.05) is 17.2 Å². The Bertz CT molecular complexity index is 1090. The number of amides is 2. The zero-order chi connectivity index (χ0) is 22.1. The van der Waals surface area contributed by atoms with Crippen LogP contribution in [0.15, 0.2) is 66.9 Å². The average molecular weight is 419 g/mol. The molecular formula is C22H21N5O4. The van der Waals surface area contributed by atoms with Crippen molar-refractivity contribution in [2.45, 2.75) is 13.5 Å². The Morgan fingerprint density at radius 1 is 1.03 bits per heavy atom. The molecule has 0 fully saturated rings. The van der Waals surface area contributed by atoms with Gasteiger partial charge in [0.25, 0.3) is 5.91 Å². The molecule has 0 saturated carbocycles. The molecule has 1 heterocycles. The molecule has 0 bridgehead atoms. The van der Waals surface area contributed by atoms with E-state index in [1.807, 2.05) is 30.3 Å². The Kier molecular flexibility index (Phi) is 7.26. The molecule has 0 radical (unpaired) electrons. The van der Waals surface area contributed by atoms with Crippen molar-refractivity contribution in [2.24, 2.45) is 0 Å². The monoisotopic (exact) mass is 419 g/mol. The van der Waals surface area contributed by atoms with E-state index in [-0.39, 0.29) is 5.91 Å². The van der Waals surface area contributed by atoms with E-state index in [4.69, 9.17) is 4.74 Å². The number of esters is 1. The summed E-state index contributed by atoms with van der Waals surface area (Å²) in [4.78, 5) is 34.9. The van der Waals surface area contributed by atoms with Gasteiger partial charge in [-0.05, 0) is 29.8 Å². The van der Waals surface area contributed by atoms with E-state index in [2.05, 4.69) is 20.9 Å². The number of anilines is 2. The van der Waals surface area contributed by atoms with Crippen LogP contribution in [0.4, 0.5) is 11.4 Å². The highest BCUT2D eigenvalue weighted by Crippen LogP contribution is 2.15. The molecule has 2 N–H and O–H groups in total. The lowest BCUT2D eigenvalue weighted by Crippen LogP contribution is -2.20. The highest BCUT2D eigenvalue weighted by atomic mass is 16.5. The van der Waals surface area contributed by atoms with Gasteiger partial charge in [-0.15, -0.1) is 5.10 Å². The van der Waals surface area contributed by atoms with Gasteiger partial charge in [-0.1, -0.05) is 41.6 Å². The molecule has 9 nitrogen and oxygen atoms in total. The first kappa shape index (κ1) is 21.4. The Labute approximate surface area is 178 Å². The third-order valence-electron chi connectivity index (χ3n) is 3.95. The minimum Gasteiger partial charge on any atom is -0.452 e. The van der Waals surface area contributed by atoms with Gasteiger partial charge in [-0.3, -0.25) is 9.59 Å². The van der Waals surface area contributed by atoms with Gasteiger partial charge >= 0.3 is 5.97 Å². The Hall–Kier alpha value is -4.27. The lowest BCUT2D eigenvalue weighted by molar-refractivity contribution is -0.142. The zero-order valence-electron chi connectivity index (χ0n) is 16.8. The highest BCUT2D eigenvalue weighted by Gasteiger charge is 2.07. The van der Waals surface area contributed by atoms with E-state index in [0.29, 0.717) is 23.6 Å². The molecule has 2 aromatic carbocycles. The first-order chi connectivity index (χ1) is 15.0. The van der Waals surface area contributed by atoms with Crippen molar-refractivity contribution >= 4 is 35.2 Å². The predicted octanol–water partition coefficient (Wildman–Crippen LogP) is 2.48. The van der Waals surface area contributed by atoms with E-state index in [1.54, 1.807) is 35.1 Å². The van der Waals surface area contributed by atoms with Crippen molar-refractivity contribution in [3.05, 3.63) is 78.1 Å². The summed E-state index contributed by atoms with van der Waals surface area (Å²) in [5.74, 6) is -1.40. The summed E-state index contributed by atoms with van der Waals surface area (Å²) < 4.78 is 6.59. The second kappa shape index (κ2) is 10.5. The first-order valence-corrected chi connectivity index (χ1v) is 9.44. The van der Waals surface area contributed by atoms with Crippen molar-refractivity contribution in [3.63, 3.8) is 0 Å². The third-order valence-corrected chi connectivity index (χ3v) is 3.95. The molecule has 3 rings (SSSR count). The molecule has 1 aromatic heterocycles. The van der Waals surface area contributed by atoms with Crippen LogP contribution >= 0.6 is 0 Å². The molecule has 158 valence electrons. The summed E-state index contributed by atoms with van der Waals surface area (Å²) >= 11 is 0. The smallest absolute Gasteiger partial charge is 0.331 e. The number of benzene rings is 2. The lowest BCUT2D eigenvalue weighted by atomic mass is 10.2. The van der Waals surface area contributed by atoms with Gasteiger partial charge in [-0.25, -0.2) is 9.48 Å². The van der Waals surface area contributed by atoms with E-state index in [1.165, 1.54) is 19.1 Å². The number of nitrogens with zero attached hydrogens (tertiary/aromatic N) is 3. The van der Waals surface area contributed by atoms with Gasteiger partial charge in [0.15, 0.2) is 6.61 Å². The van der Waals surface area contributed by atoms with Crippen LogP contribution in [-0.4, -0.2) is 39.4 Å². The summed E-state index contributed by atoms with van der Waals surface area (Å²) in [7, 11) is 0. The Morgan fingerprint density at radius 2 is 1.77 bits per heavy atom. The van der Waals surface area contributed by atoms with Crippen LogP contribution in [0.3, 0.4) is 0 Å². The van der Waals surface area contributed by atoms with Crippen molar-refractivity contribution in [1.82, 2.24) is 15.0 Å². The number of hydrogen-bond acceptors (Lipinski definition) is 6. The number of rotatable bonds is 8. The second-order valence-corrected chi connectivity index (χ2v) is 6.58. The van der Waals surface area contributed by atoms with Gasteiger partial charge in [0.05, 0.1) is 12.7 Å². The van der Waals surface area contributed by atoms with Crippen LogP contribution in [0.25, 0.3) is 6.08 Å². The predicted molar refractivity (Wildman–Crippen MR) is 115 cm³/mol. The minimum atomic E-state index is -0.681. The molecule has 0 aliphatic carbocycles. The fourth-order valence-electron chi connectivity index (χ4n) is 2.65. The Morgan fingerprint density at radius 3 is 2.52 bits per heavy atom. The number of nitrogens with one attached hydrogen (secondary N) is 2. The first-order valence-electron chi connectivity index (χ1n) is 9.44. The van der Waals surface area contributed by atoms with E-state index in [9.17, 15) is 14.4 Å². The summed E-state index contributed by atoms with van der Waals surface area (Å²) in [6.45, 7) is 1.51. The van der Waals surface area contributed by atoms with Gasteiger partial charge < -0.3 is 15.4 Å². The number of carbonyl (C=O) groups is 3. The van der Waals surface area contributed by atoms with Gasteiger partial charge in [0.1, 0.15) is 5.69 Å². The third kappa shape index (κ3) is 7.24. The number of ether oxygens (including phenoxy) is 1. The lowest BCUT2D eigenvalue weighted by Gasteiger charge is -2.07. The standard InChI is InChI=1S/C22H21N5O4/c1-16(28)23-18-8-5-9-19(12-18)24-21(29)15-31-22(30)11-10-20-14-27(26-25-20)13-17-6-3-2-4-7-17/h2-12,14H,13,15H2,1H3,(H,23,28)(H,24,29)/b11-10+. The van der Waals surface area contributed by atoms with Crippen LogP contribution in [0.5, 0.6) is 0 Å². The largest absolute Gasteiger partial charge is 0.452 e. The van der Waals surface area contributed by atoms with E-state index >= 15 is 0 Å². The van der Waals surface area contributed by atoms with Crippen molar-refractivity contribution < 1.29 is 19.1 Å². The summed E-state index contributed by atoms with van der Waals surface area (Å²) in [6, 6.07) is 16.4. The quantitative estimate of drug-likeness (QED) is 0.428. The number of carbonyl (C=O) groups excluding carboxylic acids is 3. The van der Waals surface area contributed by atoms with Crippen LogP contribution in [-0.2, 0) is 25.7 Å². The average Bonchev–Trinajstić information content (AvgIpc) is 3.18. The molecule has 0 saturated heterocycles. The number of hydrogen-bond donors (Lipinski definition) is 2.